The average Bonchev–Trinajstić information content (AvgIpc) is 2.91. The van der Waals surface area contributed by atoms with Gasteiger partial charge in [0, 0.05) is 0 Å². The molecule has 0 aliphatic rings. The van der Waals surface area contributed by atoms with Gasteiger partial charge in [0.05, 0.1) is 39.3 Å². The molecule has 3 rings (SSSR count). The maximum atomic E-state index is 6.03. The summed E-state index contributed by atoms with van der Waals surface area (Å²) in [4.78, 5) is 8.60. The van der Waals surface area contributed by atoms with Crippen LogP contribution in [0.2, 0.25) is 0 Å². The van der Waals surface area contributed by atoms with E-state index in [1.807, 2.05) is 26.0 Å². The largest absolute Gasteiger partial charge is 0.444 e. The molecule has 0 saturated carbocycles. The number of fused-ring (bicyclic) bond motifs is 1. The molecular weight excluding hydrogens is 260 g/mol. The third-order valence-corrected chi connectivity index (χ3v) is 3.70. The first-order valence-electron chi connectivity index (χ1n) is 5.93. The highest BCUT2D eigenvalue weighted by molar-refractivity contribution is 7.18. The molecule has 0 amide bonds. The molecule has 98 valence electrons. The summed E-state index contributed by atoms with van der Waals surface area (Å²) < 4.78 is 6.51. The van der Waals surface area contributed by atoms with Gasteiger partial charge >= 0.3 is 0 Å². The molecule has 0 fully saturated rings. The SMILES string of the molecule is Cc1cnc(CNc2cc3nc(C)sc3cc2N)o1. The van der Waals surface area contributed by atoms with Gasteiger partial charge in [-0.25, -0.2) is 9.97 Å². The first kappa shape index (κ1) is 12.0. The monoisotopic (exact) mass is 274 g/mol. The highest BCUT2D eigenvalue weighted by atomic mass is 32.1. The topological polar surface area (TPSA) is 77.0 Å². The summed E-state index contributed by atoms with van der Waals surface area (Å²) in [5.74, 6) is 1.45. The Balaban J connectivity index is 1.85. The number of oxazole rings is 1. The highest BCUT2D eigenvalue weighted by Crippen LogP contribution is 2.29. The number of nitrogens with zero attached hydrogens (tertiary/aromatic N) is 2. The molecule has 3 aromatic rings. The second-order valence-electron chi connectivity index (χ2n) is 4.36. The predicted molar refractivity (Wildman–Crippen MR) is 77.3 cm³/mol. The molecule has 0 bridgehead atoms. The van der Waals surface area contributed by atoms with Gasteiger partial charge in [-0.3, -0.25) is 0 Å². The van der Waals surface area contributed by atoms with Crippen molar-refractivity contribution in [3.05, 3.63) is 35.0 Å². The number of thiazole rings is 1. The van der Waals surface area contributed by atoms with E-state index in [0.29, 0.717) is 18.1 Å². The minimum Gasteiger partial charge on any atom is -0.444 e. The summed E-state index contributed by atoms with van der Waals surface area (Å²) in [7, 11) is 0. The first-order chi connectivity index (χ1) is 9.11. The summed E-state index contributed by atoms with van der Waals surface area (Å²) in [6.07, 6.45) is 1.70. The standard InChI is InChI=1S/C13H14N4OS/c1-7-5-16-13(18-7)6-15-10-4-11-12(3-9(10)14)19-8(2)17-11/h3-5,15H,6,14H2,1-2H3. The maximum Gasteiger partial charge on any atom is 0.213 e. The van der Waals surface area contributed by atoms with Gasteiger partial charge in [-0.1, -0.05) is 0 Å². The smallest absolute Gasteiger partial charge is 0.213 e. The van der Waals surface area contributed by atoms with Crippen molar-refractivity contribution in [1.82, 2.24) is 9.97 Å². The molecule has 0 saturated heterocycles. The Morgan fingerprint density at radius 2 is 2.21 bits per heavy atom. The lowest BCUT2D eigenvalue weighted by Gasteiger charge is -2.07. The average molecular weight is 274 g/mol. The number of rotatable bonds is 3. The van der Waals surface area contributed by atoms with Crippen LogP contribution in [0.1, 0.15) is 16.7 Å². The number of hydrogen-bond donors (Lipinski definition) is 2. The summed E-state index contributed by atoms with van der Waals surface area (Å²) in [5.41, 5.74) is 8.55. The van der Waals surface area contributed by atoms with Crippen LogP contribution in [0.3, 0.4) is 0 Å². The second-order valence-corrected chi connectivity index (χ2v) is 5.59. The summed E-state index contributed by atoms with van der Waals surface area (Å²) in [5, 5.41) is 4.26. The zero-order chi connectivity index (χ0) is 13.4. The Hall–Kier alpha value is -2.08. The third kappa shape index (κ3) is 2.39. The second kappa shape index (κ2) is 4.55. The van der Waals surface area contributed by atoms with Crippen LogP contribution < -0.4 is 11.1 Å². The van der Waals surface area contributed by atoms with Crippen molar-refractivity contribution in [2.75, 3.05) is 11.1 Å². The van der Waals surface area contributed by atoms with E-state index in [-0.39, 0.29) is 0 Å². The van der Waals surface area contributed by atoms with Gasteiger partial charge < -0.3 is 15.5 Å². The molecule has 0 spiro atoms. The van der Waals surface area contributed by atoms with Crippen LogP contribution in [0.15, 0.2) is 22.7 Å². The minimum absolute atomic E-state index is 0.507. The lowest BCUT2D eigenvalue weighted by Crippen LogP contribution is -2.02. The Bertz CT molecular complexity index is 731. The molecule has 2 heterocycles. The Kier molecular flexibility index (Phi) is 2.87. The number of anilines is 2. The fourth-order valence-electron chi connectivity index (χ4n) is 1.91. The zero-order valence-electron chi connectivity index (χ0n) is 10.7. The number of hydrogen-bond acceptors (Lipinski definition) is 6. The molecular formula is C13H14N4OS. The van der Waals surface area contributed by atoms with Gasteiger partial charge in [-0.15, -0.1) is 11.3 Å². The van der Waals surface area contributed by atoms with Crippen LogP contribution >= 0.6 is 11.3 Å². The molecule has 0 radical (unpaired) electrons. The summed E-state index contributed by atoms with van der Waals surface area (Å²) in [6, 6.07) is 3.91. The fraction of sp³-hybridized carbons (Fsp3) is 0.231. The van der Waals surface area contributed by atoms with Gasteiger partial charge in [-0.2, -0.15) is 0 Å². The molecule has 0 atom stereocenters. The van der Waals surface area contributed by atoms with Gasteiger partial charge in [0.2, 0.25) is 5.89 Å². The lowest BCUT2D eigenvalue weighted by molar-refractivity contribution is 0.479. The number of aromatic nitrogens is 2. The Labute approximate surface area is 114 Å². The Morgan fingerprint density at radius 3 is 2.95 bits per heavy atom. The summed E-state index contributed by atoms with van der Waals surface area (Å²) >= 11 is 1.64. The molecule has 2 aromatic heterocycles. The molecule has 3 N–H and O–H groups in total. The van der Waals surface area contributed by atoms with Gasteiger partial charge in [0.25, 0.3) is 0 Å². The number of nitrogens with two attached hydrogens (primary N) is 1. The molecule has 1 aromatic carbocycles. The van der Waals surface area contributed by atoms with Gasteiger partial charge in [0.1, 0.15) is 5.76 Å². The van der Waals surface area contributed by atoms with Crippen molar-refractivity contribution in [2.45, 2.75) is 20.4 Å². The predicted octanol–water partition coefficient (Wildman–Crippen LogP) is 3.10. The Morgan fingerprint density at radius 1 is 1.37 bits per heavy atom. The number of nitrogen functional groups attached to an aromatic ring is 1. The van der Waals surface area contributed by atoms with Crippen LogP contribution in [0.4, 0.5) is 11.4 Å². The third-order valence-electron chi connectivity index (χ3n) is 2.77. The van der Waals surface area contributed by atoms with Crippen LogP contribution in [0.5, 0.6) is 0 Å². The van der Waals surface area contributed by atoms with Crippen molar-refractivity contribution in [3.8, 4) is 0 Å². The quantitative estimate of drug-likeness (QED) is 0.718. The maximum absolute atomic E-state index is 6.03. The highest BCUT2D eigenvalue weighted by Gasteiger charge is 2.07. The van der Waals surface area contributed by atoms with E-state index in [1.165, 1.54) is 0 Å². The first-order valence-corrected chi connectivity index (χ1v) is 6.75. The van der Waals surface area contributed by atoms with Crippen LogP contribution in [-0.4, -0.2) is 9.97 Å². The number of aryl methyl sites for hydroxylation is 2. The number of nitrogens with one attached hydrogen (secondary N) is 1. The van der Waals surface area contributed by atoms with Crippen molar-refractivity contribution < 1.29 is 4.42 Å². The van der Waals surface area contributed by atoms with Crippen molar-refractivity contribution in [2.24, 2.45) is 0 Å². The fourth-order valence-corrected chi connectivity index (χ4v) is 2.77. The minimum atomic E-state index is 0.507. The van der Waals surface area contributed by atoms with E-state index < -0.39 is 0 Å². The lowest BCUT2D eigenvalue weighted by atomic mass is 10.2. The molecule has 0 aliphatic carbocycles. The van der Waals surface area contributed by atoms with Crippen LogP contribution in [-0.2, 0) is 6.54 Å². The van der Waals surface area contributed by atoms with Crippen molar-refractivity contribution in [1.29, 1.82) is 0 Å². The zero-order valence-corrected chi connectivity index (χ0v) is 11.5. The van der Waals surface area contributed by atoms with E-state index in [1.54, 1.807) is 17.5 Å². The van der Waals surface area contributed by atoms with E-state index in [9.17, 15) is 0 Å². The molecule has 5 nitrogen and oxygen atoms in total. The molecule has 19 heavy (non-hydrogen) atoms. The van der Waals surface area contributed by atoms with Crippen molar-refractivity contribution in [3.63, 3.8) is 0 Å². The van der Waals surface area contributed by atoms with E-state index in [0.717, 1.165) is 26.7 Å². The molecule has 0 unspecified atom stereocenters. The van der Waals surface area contributed by atoms with E-state index in [2.05, 4.69) is 15.3 Å². The number of benzene rings is 1. The van der Waals surface area contributed by atoms with Crippen molar-refractivity contribution >= 4 is 32.9 Å². The van der Waals surface area contributed by atoms with E-state index in [4.69, 9.17) is 10.2 Å². The summed E-state index contributed by atoms with van der Waals surface area (Å²) in [6.45, 7) is 4.37. The van der Waals surface area contributed by atoms with E-state index >= 15 is 0 Å². The normalized spacial score (nSPS) is 11.1. The van der Waals surface area contributed by atoms with Gasteiger partial charge in [0.15, 0.2) is 0 Å². The molecule has 6 heteroatoms. The van der Waals surface area contributed by atoms with Crippen LogP contribution in [0, 0.1) is 13.8 Å². The van der Waals surface area contributed by atoms with Gasteiger partial charge in [-0.05, 0) is 26.0 Å². The van der Waals surface area contributed by atoms with Crippen LogP contribution in [0.25, 0.3) is 10.2 Å². The molecule has 0 aliphatic heterocycles.